The normalized spacial score (nSPS) is 12.3. The van der Waals surface area contributed by atoms with Crippen LogP contribution in [0.15, 0.2) is 24.3 Å². The molecular formula is C25H26FNO4. The second-order valence-electron chi connectivity index (χ2n) is 7.91. The fourth-order valence-corrected chi connectivity index (χ4v) is 4.56. The van der Waals surface area contributed by atoms with Crippen molar-refractivity contribution >= 4 is 5.97 Å². The Labute approximate surface area is 181 Å². The maximum absolute atomic E-state index is 14.7. The number of benzene rings is 2. The van der Waals surface area contributed by atoms with Crippen molar-refractivity contribution in [1.29, 1.82) is 0 Å². The van der Waals surface area contributed by atoms with Crippen molar-refractivity contribution in [2.24, 2.45) is 0 Å². The lowest BCUT2D eigenvalue weighted by Gasteiger charge is -2.22. The molecule has 4 rings (SSSR count). The van der Waals surface area contributed by atoms with Crippen LogP contribution in [-0.2, 0) is 17.7 Å². The quantitative estimate of drug-likeness (QED) is 0.576. The molecule has 1 N–H and O–H groups in total. The van der Waals surface area contributed by atoms with Crippen LogP contribution in [0.3, 0.4) is 0 Å². The lowest BCUT2D eigenvalue weighted by molar-refractivity contribution is 0.0528. The number of aryl methyl sites for hydroxylation is 3. The van der Waals surface area contributed by atoms with Gasteiger partial charge in [-0.3, -0.25) is 0 Å². The molecule has 0 aliphatic carbocycles. The summed E-state index contributed by atoms with van der Waals surface area (Å²) in [4.78, 5) is 13.2. The zero-order valence-electron chi connectivity index (χ0n) is 18.4. The number of carbonyl (C=O) groups is 1. The molecule has 1 aliphatic rings. The highest BCUT2D eigenvalue weighted by Crippen LogP contribution is 2.44. The Balaban J connectivity index is 2.06. The number of hydrogen-bond donors (Lipinski definition) is 1. The summed E-state index contributed by atoms with van der Waals surface area (Å²) < 4.78 is 27.3. The maximum Gasteiger partial charge on any atom is 0.340 e. The predicted octanol–water partition coefficient (Wildman–Crippen LogP) is 5.33. The molecule has 3 aromatic rings. The molecule has 5 nitrogen and oxygen atoms in total. The molecule has 0 spiro atoms. The minimum atomic E-state index is -0.471. The molecule has 162 valence electrons. The number of carbonyl (C=O) groups excluding carboxylic acids is 1. The number of halogens is 1. The van der Waals surface area contributed by atoms with Gasteiger partial charge in [0, 0.05) is 23.4 Å². The van der Waals surface area contributed by atoms with Crippen molar-refractivity contribution in [3.8, 4) is 33.9 Å². The predicted molar refractivity (Wildman–Crippen MR) is 117 cm³/mol. The Bertz CT molecular complexity index is 1190. The molecule has 1 aliphatic heterocycles. The number of aromatic nitrogens is 1. The van der Waals surface area contributed by atoms with Gasteiger partial charge in [-0.2, -0.15) is 0 Å². The van der Waals surface area contributed by atoms with E-state index in [-0.39, 0.29) is 18.1 Å². The minimum absolute atomic E-state index is 0.193. The van der Waals surface area contributed by atoms with E-state index in [1.807, 2.05) is 32.9 Å². The number of rotatable bonds is 4. The molecule has 2 heterocycles. The molecule has 2 aromatic carbocycles. The first-order valence-electron chi connectivity index (χ1n) is 10.4. The van der Waals surface area contributed by atoms with E-state index in [2.05, 4.69) is 4.57 Å². The van der Waals surface area contributed by atoms with Crippen molar-refractivity contribution in [3.63, 3.8) is 0 Å². The molecule has 0 saturated heterocycles. The van der Waals surface area contributed by atoms with Crippen molar-refractivity contribution in [3.05, 3.63) is 58.0 Å². The third-order valence-corrected chi connectivity index (χ3v) is 6.02. The monoisotopic (exact) mass is 423 g/mol. The van der Waals surface area contributed by atoms with Crippen molar-refractivity contribution < 1.29 is 23.8 Å². The summed E-state index contributed by atoms with van der Waals surface area (Å²) in [5, 5.41) is 10.2. The zero-order valence-corrected chi connectivity index (χ0v) is 18.4. The van der Waals surface area contributed by atoms with Gasteiger partial charge in [-0.1, -0.05) is 0 Å². The lowest BCUT2D eigenvalue weighted by Crippen LogP contribution is -2.15. The summed E-state index contributed by atoms with van der Waals surface area (Å²) in [5.74, 6) is -0.483. The average molecular weight is 423 g/mol. The summed E-state index contributed by atoms with van der Waals surface area (Å²) in [6.07, 6.45) is 0.698. The van der Waals surface area contributed by atoms with Gasteiger partial charge in [0.25, 0.3) is 0 Å². The number of phenolic OH excluding ortho intramolecular Hbond substituents is 1. The van der Waals surface area contributed by atoms with Gasteiger partial charge in [-0.15, -0.1) is 0 Å². The van der Waals surface area contributed by atoms with Gasteiger partial charge in [-0.05, 0) is 80.6 Å². The van der Waals surface area contributed by atoms with Gasteiger partial charge >= 0.3 is 5.97 Å². The van der Waals surface area contributed by atoms with Gasteiger partial charge in [0.05, 0.1) is 25.0 Å². The third-order valence-electron chi connectivity index (χ3n) is 6.02. The highest BCUT2D eigenvalue weighted by molar-refractivity contribution is 6.05. The van der Waals surface area contributed by atoms with Gasteiger partial charge < -0.3 is 19.1 Å². The van der Waals surface area contributed by atoms with Crippen LogP contribution in [0, 0.1) is 26.6 Å². The molecule has 0 unspecified atom stereocenters. The van der Waals surface area contributed by atoms with Crippen LogP contribution in [0.25, 0.3) is 22.4 Å². The summed E-state index contributed by atoms with van der Waals surface area (Å²) in [5.41, 5.74) is 6.63. The van der Waals surface area contributed by atoms with E-state index in [4.69, 9.17) is 9.47 Å². The number of ether oxygens (including phenoxy) is 2. The van der Waals surface area contributed by atoms with E-state index < -0.39 is 11.8 Å². The van der Waals surface area contributed by atoms with Crippen molar-refractivity contribution in [2.45, 2.75) is 40.7 Å². The molecular weight excluding hydrogens is 397 g/mol. The molecule has 6 heteroatoms. The van der Waals surface area contributed by atoms with E-state index in [1.165, 1.54) is 13.2 Å². The number of esters is 1. The van der Waals surface area contributed by atoms with E-state index in [0.29, 0.717) is 29.8 Å². The minimum Gasteiger partial charge on any atom is -0.507 e. The number of methoxy groups -OCH3 is 1. The Hall–Kier alpha value is -3.28. The van der Waals surface area contributed by atoms with E-state index in [0.717, 1.165) is 33.5 Å². The SMILES string of the molecule is CCOC(=O)c1c(-c2cc(C)c(O)c(C)c2)c(C)n2c1-c1cc(F)c(OC)cc1CC2. The molecule has 0 saturated carbocycles. The van der Waals surface area contributed by atoms with Gasteiger partial charge in [0.15, 0.2) is 11.6 Å². The summed E-state index contributed by atoms with van der Waals surface area (Å²) in [6, 6.07) is 6.89. The van der Waals surface area contributed by atoms with E-state index >= 15 is 0 Å². The standard InChI is InChI=1S/C25H26FNO4/c1-6-31-25(29)22-21(17-9-13(2)24(28)14(3)10-17)15(4)27-8-7-16-11-20(30-5)19(26)12-18(16)23(22)27/h9-12,28H,6-8H2,1-5H3. The fourth-order valence-electron chi connectivity index (χ4n) is 4.56. The molecule has 0 atom stereocenters. The highest BCUT2D eigenvalue weighted by Gasteiger charge is 2.32. The molecule has 0 amide bonds. The fraction of sp³-hybridized carbons (Fsp3) is 0.320. The maximum atomic E-state index is 14.7. The highest BCUT2D eigenvalue weighted by atomic mass is 19.1. The van der Waals surface area contributed by atoms with Crippen LogP contribution in [0.4, 0.5) is 4.39 Å². The first-order chi connectivity index (χ1) is 14.8. The Kier molecular flexibility index (Phi) is 5.25. The Morgan fingerprint density at radius 3 is 2.45 bits per heavy atom. The molecule has 31 heavy (non-hydrogen) atoms. The number of aromatic hydroxyl groups is 1. The van der Waals surface area contributed by atoms with Crippen molar-refractivity contribution in [1.82, 2.24) is 4.57 Å². The molecule has 0 bridgehead atoms. The Morgan fingerprint density at radius 2 is 1.84 bits per heavy atom. The van der Waals surface area contributed by atoms with Gasteiger partial charge in [0.2, 0.25) is 0 Å². The van der Waals surface area contributed by atoms with Crippen LogP contribution in [0.5, 0.6) is 11.5 Å². The lowest BCUT2D eigenvalue weighted by atomic mass is 9.92. The smallest absolute Gasteiger partial charge is 0.340 e. The topological polar surface area (TPSA) is 60.7 Å². The van der Waals surface area contributed by atoms with Crippen LogP contribution in [0.2, 0.25) is 0 Å². The van der Waals surface area contributed by atoms with E-state index in [1.54, 1.807) is 13.0 Å². The van der Waals surface area contributed by atoms with Crippen molar-refractivity contribution in [2.75, 3.05) is 13.7 Å². The largest absolute Gasteiger partial charge is 0.507 e. The summed E-state index contributed by atoms with van der Waals surface area (Å²) in [6.45, 7) is 8.28. The molecule has 0 fully saturated rings. The van der Waals surface area contributed by atoms with Crippen LogP contribution in [0.1, 0.15) is 39.7 Å². The summed E-state index contributed by atoms with van der Waals surface area (Å²) in [7, 11) is 1.44. The van der Waals surface area contributed by atoms with Crippen LogP contribution < -0.4 is 4.74 Å². The second-order valence-corrected chi connectivity index (χ2v) is 7.91. The summed E-state index contributed by atoms with van der Waals surface area (Å²) >= 11 is 0. The van der Waals surface area contributed by atoms with Gasteiger partial charge in [0.1, 0.15) is 5.75 Å². The van der Waals surface area contributed by atoms with E-state index in [9.17, 15) is 14.3 Å². The zero-order chi connectivity index (χ0) is 22.4. The molecule has 1 aromatic heterocycles. The number of hydrogen-bond acceptors (Lipinski definition) is 4. The van der Waals surface area contributed by atoms with Crippen LogP contribution >= 0.6 is 0 Å². The van der Waals surface area contributed by atoms with Gasteiger partial charge in [-0.25, -0.2) is 9.18 Å². The third kappa shape index (κ3) is 3.26. The van der Waals surface area contributed by atoms with Crippen LogP contribution in [-0.4, -0.2) is 29.4 Å². The number of fused-ring (bicyclic) bond motifs is 3. The average Bonchev–Trinajstić information content (AvgIpc) is 3.04. The molecule has 0 radical (unpaired) electrons. The second kappa shape index (κ2) is 7.76. The number of nitrogens with zero attached hydrogens (tertiary/aromatic N) is 1. The first-order valence-corrected chi connectivity index (χ1v) is 10.4. The first kappa shape index (κ1) is 21.0. The Morgan fingerprint density at radius 1 is 1.16 bits per heavy atom. The number of phenols is 1.